The molecule has 1 amide bonds. The van der Waals surface area contributed by atoms with E-state index >= 15 is 0 Å². The van der Waals surface area contributed by atoms with E-state index in [0.29, 0.717) is 22.4 Å². The van der Waals surface area contributed by atoms with E-state index < -0.39 is 6.08 Å². The van der Waals surface area contributed by atoms with Gasteiger partial charge in [0.1, 0.15) is 5.82 Å². The van der Waals surface area contributed by atoms with Crippen LogP contribution < -0.4 is 10.6 Å². The second-order valence-corrected chi connectivity index (χ2v) is 5.82. The summed E-state index contributed by atoms with van der Waals surface area (Å²) >= 11 is 3.38. The number of carbonyl (C=O) groups is 1. The molecule has 120 valence electrons. The molecule has 0 bridgehead atoms. The van der Waals surface area contributed by atoms with Crippen molar-refractivity contribution in [3.05, 3.63) is 65.7 Å². The van der Waals surface area contributed by atoms with Crippen LogP contribution in [-0.4, -0.2) is 15.9 Å². The molecule has 5 nitrogen and oxygen atoms in total. The van der Waals surface area contributed by atoms with Gasteiger partial charge in [0.2, 0.25) is 5.91 Å². The molecule has 0 aliphatic heterocycles. The molecular weight excluding hydrogens is 375 g/mol. The topological polar surface area (TPSA) is 66.9 Å². The molecule has 0 aliphatic rings. The smallest absolute Gasteiger partial charge is 0.311 e. The van der Waals surface area contributed by atoms with Crippen LogP contribution in [0.5, 0.6) is 0 Å². The van der Waals surface area contributed by atoms with Gasteiger partial charge >= 0.3 is 6.08 Å². The highest BCUT2D eigenvalue weighted by Gasteiger charge is 2.10. The SMILES string of the molecule is C=CC(=O)Nc1ccc2nc(F)nc(Nc3cccc(Br)c3)c2c1. The maximum absolute atomic E-state index is 13.7. The third kappa shape index (κ3) is 3.57. The second kappa shape index (κ2) is 6.76. The number of rotatable bonds is 4. The first-order chi connectivity index (χ1) is 11.5. The molecule has 0 radical (unpaired) electrons. The van der Waals surface area contributed by atoms with Crippen molar-refractivity contribution in [1.82, 2.24) is 9.97 Å². The fraction of sp³-hybridized carbons (Fsp3) is 0. The largest absolute Gasteiger partial charge is 0.339 e. The number of fused-ring (bicyclic) bond motifs is 1. The van der Waals surface area contributed by atoms with Crippen molar-refractivity contribution in [1.29, 1.82) is 0 Å². The van der Waals surface area contributed by atoms with Crippen molar-refractivity contribution in [3.63, 3.8) is 0 Å². The van der Waals surface area contributed by atoms with Crippen molar-refractivity contribution in [2.24, 2.45) is 0 Å². The molecular formula is C17H12BrFN4O. The minimum absolute atomic E-state index is 0.310. The molecule has 0 saturated carbocycles. The number of halogens is 2. The summed E-state index contributed by atoms with van der Waals surface area (Å²) in [7, 11) is 0. The number of hydrogen-bond acceptors (Lipinski definition) is 4. The van der Waals surface area contributed by atoms with Crippen LogP contribution in [0.15, 0.2) is 59.6 Å². The zero-order valence-corrected chi connectivity index (χ0v) is 14.0. The highest BCUT2D eigenvalue weighted by molar-refractivity contribution is 9.10. The van der Waals surface area contributed by atoms with Crippen LogP contribution in [0.4, 0.5) is 21.6 Å². The van der Waals surface area contributed by atoms with Crippen LogP contribution >= 0.6 is 15.9 Å². The molecule has 0 unspecified atom stereocenters. The van der Waals surface area contributed by atoms with Gasteiger partial charge in [0.05, 0.1) is 5.52 Å². The number of nitrogens with one attached hydrogen (secondary N) is 2. The molecule has 2 aromatic carbocycles. The van der Waals surface area contributed by atoms with E-state index in [2.05, 4.69) is 43.1 Å². The standard InChI is InChI=1S/C17H12BrFN4O/c1-2-15(24)20-12-6-7-14-13(9-12)16(23-17(19)22-14)21-11-5-3-4-10(18)8-11/h2-9H,1H2,(H,20,24)(H,21,22,23). The van der Waals surface area contributed by atoms with E-state index in [1.165, 1.54) is 6.08 Å². The average Bonchev–Trinajstić information content (AvgIpc) is 2.55. The first-order valence-electron chi connectivity index (χ1n) is 6.98. The number of aromatic nitrogens is 2. The number of hydrogen-bond donors (Lipinski definition) is 2. The van der Waals surface area contributed by atoms with E-state index in [-0.39, 0.29) is 5.91 Å². The van der Waals surface area contributed by atoms with Gasteiger partial charge in [0, 0.05) is 21.2 Å². The third-order valence-corrected chi connectivity index (χ3v) is 3.70. The van der Waals surface area contributed by atoms with Crippen LogP contribution in [0.25, 0.3) is 10.9 Å². The minimum atomic E-state index is -0.831. The normalized spacial score (nSPS) is 10.4. The summed E-state index contributed by atoms with van der Waals surface area (Å²) in [6.07, 6.45) is 0.342. The zero-order valence-electron chi connectivity index (χ0n) is 12.4. The van der Waals surface area contributed by atoms with Gasteiger partial charge in [-0.05, 0) is 42.5 Å². The van der Waals surface area contributed by atoms with Gasteiger partial charge < -0.3 is 10.6 Å². The van der Waals surface area contributed by atoms with E-state index in [9.17, 15) is 9.18 Å². The quantitative estimate of drug-likeness (QED) is 0.515. The molecule has 7 heteroatoms. The Hall–Kier alpha value is -2.80. The van der Waals surface area contributed by atoms with Crippen molar-refractivity contribution in [2.45, 2.75) is 0 Å². The molecule has 24 heavy (non-hydrogen) atoms. The summed E-state index contributed by atoms with van der Waals surface area (Å²) in [5.74, 6) is -0.0239. The first-order valence-corrected chi connectivity index (χ1v) is 7.78. The van der Waals surface area contributed by atoms with Crippen molar-refractivity contribution in [2.75, 3.05) is 10.6 Å². The third-order valence-electron chi connectivity index (χ3n) is 3.21. The Balaban J connectivity index is 2.05. The van der Waals surface area contributed by atoms with E-state index in [0.717, 1.165) is 10.2 Å². The van der Waals surface area contributed by atoms with Crippen LogP contribution in [-0.2, 0) is 4.79 Å². The highest BCUT2D eigenvalue weighted by atomic mass is 79.9. The molecule has 3 aromatic rings. The van der Waals surface area contributed by atoms with Crippen molar-refractivity contribution >= 4 is 49.9 Å². The van der Waals surface area contributed by atoms with E-state index in [1.54, 1.807) is 18.2 Å². The lowest BCUT2D eigenvalue weighted by Crippen LogP contribution is -2.07. The Bertz CT molecular complexity index is 945. The van der Waals surface area contributed by atoms with Crippen molar-refractivity contribution < 1.29 is 9.18 Å². The lowest BCUT2D eigenvalue weighted by atomic mass is 10.2. The van der Waals surface area contributed by atoms with Gasteiger partial charge in [-0.2, -0.15) is 9.37 Å². The van der Waals surface area contributed by atoms with Crippen LogP contribution in [0, 0.1) is 6.08 Å². The molecule has 0 fully saturated rings. The zero-order chi connectivity index (χ0) is 17.1. The maximum atomic E-state index is 13.7. The number of benzene rings is 2. The lowest BCUT2D eigenvalue weighted by Gasteiger charge is -2.10. The average molecular weight is 387 g/mol. The van der Waals surface area contributed by atoms with Crippen molar-refractivity contribution in [3.8, 4) is 0 Å². The fourth-order valence-corrected chi connectivity index (χ4v) is 2.57. The van der Waals surface area contributed by atoms with Gasteiger partial charge in [-0.3, -0.25) is 4.79 Å². The van der Waals surface area contributed by atoms with E-state index in [1.807, 2.05) is 24.3 Å². The maximum Gasteiger partial charge on any atom is 0.311 e. The molecule has 3 rings (SSSR count). The lowest BCUT2D eigenvalue weighted by molar-refractivity contribution is -0.111. The number of anilines is 3. The summed E-state index contributed by atoms with van der Waals surface area (Å²) < 4.78 is 14.6. The summed E-state index contributed by atoms with van der Waals surface area (Å²) in [4.78, 5) is 19.0. The molecule has 0 spiro atoms. The number of nitrogens with zero attached hydrogens (tertiary/aromatic N) is 2. The van der Waals surface area contributed by atoms with E-state index in [4.69, 9.17) is 0 Å². The Morgan fingerprint density at radius 1 is 1.17 bits per heavy atom. The van der Waals surface area contributed by atoms with Crippen LogP contribution in [0.1, 0.15) is 0 Å². The predicted molar refractivity (Wildman–Crippen MR) is 95.7 cm³/mol. The monoisotopic (exact) mass is 386 g/mol. The molecule has 2 N–H and O–H groups in total. The van der Waals surface area contributed by atoms with Gasteiger partial charge in [-0.25, -0.2) is 4.98 Å². The van der Waals surface area contributed by atoms with Crippen LogP contribution in [0.2, 0.25) is 0 Å². The first kappa shape index (κ1) is 16.1. The van der Waals surface area contributed by atoms with Gasteiger partial charge in [-0.1, -0.05) is 28.6 Å². The molecule has 0 saturated heterocycles. The Kier molecular flexibility index (Phi) is 4.52. The van der Waals surface area contributed by atoms with Crippen LogP contribution in [0.3, 0.4) is 0 Å². The van der Waals surface area contributed by atoms with Gasteiger partial charge in [-0.15, -0.1) is 0 Å². The fourth-order valence-electron chi connectivity index (χ4n) is 2.17. The number of amides is 1. The van der Waals surface area contributed by atoms with Gasteiger partial charge in [0.15, 0.2) is 0 Å². The predicted octanol–water partition coefficient (Wildman–Crippen LogP) is 4.40. The van der Waals surface area contributed by atoms with Gasteiger partial charge in [0.25, 0.3) is 0 Å². The summed E-state index contributed by atoms with van der Waals surface area (Å²) in [6, 6.07) is 12.3. The summed E-state index contributed by atoms with van der Waals surface area (Å²) in [5.41, 5.74) is 1.71. The molecule has 1 aromatic heterocycles. The summed E-state index contributed by atoms with van der Waals surface area (Å²) in [6.45, 7) is 3.41. The molecule has 0 aliphatic carbocycles. The minimum Gasteiger partial charge on any atom is -0.339 e. The Morgan fingerprint density at radius 3 is 2.75 bits per heavy atom. The Morgan fingerprint density at radius 2 is 2.00 bits per heavy atom. The second-order valence-electron chi connectivity index (χ2n) is 4.90. The number of carbonyl (C=O) groups excluding carboxylic acids is 1. The highest BCUT2D eigenvalue weighted by Crippen LogP contribution is 2.27. The molecule has 0 atom stereocenters. The Labute approximate surface area is 145 Å². The summed E-state index contributed by atoms with van der Waals surface area (Å²) in [5, 5.41) is 6.31. The molecule has 1 heterocycles.